The van der Waals surface area contributed by atoms with Crippen LogP contribution in [0.5, 0.6) is 5.75 Å². The summed E-state index contributed by atoms with van der Waals surface area (Å²) >= 11 is 6.07. The minimum absolute atomic E-state index is 0.0407. The normalized spacial score (nSPS) is 23.6. The van der Waals surface area contributed by atoms with Crippen molar-refractivity contribution in [3.63, 3.8) is 0 Å². The molecule has 35 heavy (non-hydrogen) atoms. The van der Waals surface area contributed by atoms with Gasteiger partial charge in [-0.25, -0.2) is 4.39 Å². The predicted octanol–water partition coefficient (Wildman–Crippen LogP) is 6.82. The lowest BCUT2D eigenvalue weighted by atomic mass is 9.71. The van der Waals surface area contributed by atoms with E-state index in [9.17, 15) is 9.18 Å². The SMILES string of the molecule is COc1ccc2c(c1)NC(c1ccc(Cl)c(F)c1)(C(C(=O)NC1CCCCC1)C1CCCCC1)N2. The number of halogens is 2. The average molecular weight is 500 g/mol. The summed E-state index contributed by atoms with van der Waals surface area (Å²) in [6.45, 7) is 0. The Bertz CT molecular complexity index is 1070. The van der Waals surface area contributed by atoms with Crippen molar-refractivity contribution in [2.45, 2.75) is 75.9 Å². The maximum absolute atomic E-state index is 14.8. The summed E-state index contributed by atoms with van der Waals surface area (Å²) in [7, 11) is 1.63. The van der Waals surface area contributed by atoms with Crippen LogP contribution in [0.15, 0.2) is 36.4 Å². The zero-order valence-electron chi connectivity index (χ0n) is 20.3. The van der Waals surface area contributed by atoms with E-state index < -0.39 is 17.4 Å². The predicted molar refractivity (Wildman–Crippen MR) is 138 cm³/mol. The highest BCUT2D eigenvalue weighted by Crippen LogP contribution is 2.50. The molecule has 2 aromatic rings. The van der Waals surface area contributed by atoms with Gasteiger partial charge in [-0.1, -0.05) is 56.2 Å². The molecule has 5 rings (SSSR count). The Morgan fingerprint density at radius 3 is 2.37 bits per heavy atom. The molecule has 5 nitrogen and oxygen atoms in total. The summed E-state index contributed by atoms with van der Waals surface area (Å²) in [5, 5.41) is 10.8. The number of carbonyl (C=O) groups excluding carboxylic acids is 1. The van der Waals surface area contributed by atoms with Crippen LogP contribution in [0.25, 0.3) is 0 Å². The van der Waals surface area contributed by atoms with Crippen molar-refractivity contribution in [1.82, 2.24) is 5.32 Å². The van der Waals surface area contributed by atoms with Crippen LogP contribution >= 0.6 is 11.6 Å². The zero-order valence-corrected chi connectivity index (χ0v) is 21.1. The number of fused-ring (bicyclic) bond motifs is 1. The van der Waals surface area contributed by atoms with Crippen molar-refractivity contribution in [2.75, 3.05) is 17.7 Å². The molecule has 0 radical (unpaired) electrons. The van der Waals surface area contributed by atoms with Crippen LogP contribution in [-0.4, -0.2) is 19.1 Å². The Morgan fingerprint density at radius 1 is 1.00 bits per heavy atom. The van der Waals surface area contributed by atoms with E-state index in [1.807, 2.05) is 24.3 Å². The molecule has 1 amide bonds. The number of methoxy groups -OCH3 is 1. The summed E-state index contributed by atoms with van der Waals surface area (Å²) < 4.78 is 20.3. The van der Waals surface area contributed by atoms with E-state index in [2.05, 4.69) is 16.0 Å². The van der Waals surface area contributed by atoms with Crippen molar-refractivity contribution in [2.24, 2.45) is 11.8 Å². The standard InChI is InChI=1S/C28H35ClFN3O2/c1-35-21-13-15-24-25(17-21)33-28(32-24,19-12-14-22(29)23(30)16-19)26(18-8-4-2-5-9-18)27(34)31-20-10-6-3-7-11-20/h12-18,20,26,32-33H,2-11H2,1H3,(H,31,34). The third-order valence-corrected chi connectivity index (χ3v) is 8.39. The maximum Gasteiger partial charge on any atom is 0.228 e. The van der Waals surface area contributed by atoms with E-state index in [0.717, 1.165) is 68.5 Å². The zero-order chi connectivity index (χ0) is 24.4. The van der Waals surface area contributed by atoms with Gasteiger partial charge in [0.15, 0.2) is 0 Å². The monoisotopic (exact) mass is 499 g/mol. The topological polar surface area (TPSA) is 62.4 Å². The Balaban J connectivity index is 1.59. The number of ether oxygens (including phenoxy) is 1. The van der Waals surface area contributed by atoms with Gasteiger partial charge in [-0.3, -0.25) is 4.79 Å². The molecule has 1 aliphatic heterocycles. The highest BCUT2D eigenvalue weighted by atomic mass is 35.5. The number of hydrogen-bond donors (Lipinski definition) is 3. The van der Waals surface area contributed by atoms with E-state index in [0.29, 0.717) is 5.56 Å². The lowest BCUT2D eigenvalue weighted by molar-refractivity contribution is -0.130. The maximum atomic E-state index is 14.8. The van der Waals surface area contributed by atoms with Crippen LogP contribution in [0.2, 0.25) is 5.02 Å². The lowest BCUT2D eigenvalue weighted by Gasteiger charge is -2.44. The van der Waals surface area contributed by atoms with Gasteiger partial charge in [-0.15, -0.1) is 0 Å². The number of carbonyl (C=O) groups is 1. The van der Waals surface area contributed by atoms with Gasteiger partial charge in [-0.05, 0) is 55.9 Å². The van der Waals surface area contributed by atoms with Crippen LogP contribution in [0.3, 0.4) is 0 Å². The number of anilines is 2. The first-order chi connectivity index (χ1) is 17.0. The first-order valence-corrected chi connectivity index (χ1v) is 13.4. The molecule has 188 valence electrons. The number of rotatable bonds is 6. The first kappa shape index (κ1) is 24.2. The van der Waals surface area contributed by atoms with E-state index >= 15 is 0 Å². The van der Waals surface area contributed by atoms with Gasteiger partial charge in [0, 0.05) is 17.7 Å². The van der Waals surface area contributed by atoms with Crippen molar-refractivity contribution in [3.05, 3.63) is 52.8 Å². The third kappa shape index (κ3) is 4.82. The summed E-state index contributed by atoms with van der Waals surface area (Å²) in [6.07, 6.45) is 10.9. The highest BCUT2D eigenvalue weighted by molar-refractivity contribution is 6.30. The average Bonchev–Trinajstić information content (AvgIpc) is 3.26. The summed E-state index contributed by atoms with van der Waals surface area (Å²) in [4.78, 5) is 14.2. The third-order valence-electron chi connectivity index (χ3n) is 8.09. The van der Waals surface area contributed by atoms with Crippen molar-refractivity contribution in [3.8, 4) is 5.75 Å². The van der Waals surface area contributed by atoms with Crippen LogP contribution < -0.4 is 20.7 Å². The Hall–Kier alpha value is -2.47. The molecular weight excluding hydrogens is 465 g/mol. The van der Waals surface area contributed by atoms with Gasteiger partial charge in [0.25, 0.3) is 0 Å². The molecule has 3 aliphatic rings. The summed E-state index contributed by atoms with van der Waals surface area (Å²) in [5.74, 6) is 0.0117. The van der Waals surface area contributed by atoms with E-state index in [-0.39, 0.29) is 22.9 Å². The summed E-state index contributed by atoms with van der Waals surface area (Å²) in [6, 6.07) is 10.8. The lowest BCUT2D eigenvalue weighted by Crippen LogP contribution is -2.56. The van der Waals surface area contributed by atoms with E-state index in [1.165, 1.54) is 18.9 Å². The number of nitrogens with one attached hydrogen (secondary N) is 3. The van der Waals surface area contributed by atoms with Crippen molar-refractivity contribution in [1.29, 1.82) is 0 Å². The molecule has 2 unspecified atom stereocenters. The van der Waals surface area contributed by atoms with Crippen LogP contribution in [0.1, 0.15) is 69.8 Å². The summed E-state index contributed by atoms with van der Waals surface area (Å²) in [5.41, 5.74) is 1.38. The minimum Gasteiger partial charge on any atom is -0.497 e. The number of hydrogen-bond acceptors (Lipinski definition) is 4. The molecule has 2 aromatic carbocycles. The molecule has 2 atom stereocenters. The first-order valence-electron chi connectivity index (χ1n) is 13.0. The second kappa shape index (κ2) is 10.3. The molecule has 3 N–H and O–H groups in total. The van der Waals surface area contributed by atoms with Gasteiger partial charge in [0.1, 0.15) is 17.2 Å². The quantitative estimate of drug-likeness (QED) is 0.408. The van der Waals surface area contributed by atoms with Gasteiger partial charge in [-0.2, -0.15) is 0 Å². The minimum atomic E-state index is -0.999. The highest BCUT2D eigenvalue weighted by Gasteiger charge is 2.52. The smallest absolute Gasteiger partial charge is 0.228 e. The van der Waals surface area contributed by atoms with Crippen molar-refractivity contribution < 1.29 is 13.9 Å². The van der Waals surface area contributed by atoms with Crippen molar-refractivity contribution >= 4 is 28.9 Å². The number of amides is 1. The fourth-order valence-corrected chi connectivity index (χ4v) is 6.43. The largest absolute Gasteiger partial charge is 0.497 e. The molecular formula is C28H35ClFN3O2. The van der Waals surface area contributed by atoms with Crippen LogP contribution in [0, 0.1) is 17.7 Å². The Labute approximate surface area is 212 Å². The molecule has 0 aromatic heterocycles. The molecule has 0 spiro atoms. The van der Waals surface area contributed by atoms with Crippen LogP contribution in [0.4, 0.5) is 15.8 Å². The molecule has 2 saturated carbocycles. The van der Waals surface area contributed by atoms with Crippen LogP contribution in [-0.2, 0) is 10.5 Å². The van der Waals surface area contributed by atoms with E-state index in [4.69, 9.17) is 16.3 Å². The molecule has 1 heterocycles. The number of benzene rings is 2. The molecule has 7 heteroatoms. The Morgan fingerprint density at radius 2 is 1.69 bits per heavy atom. The second-order valence-electron chi connectivity index (χ2n) is 10.3. The Kier molecular flexibility index (Phi) is 7.10. The molecule has 2 fully saturated rings. The molecule has 0 bridgehead atoms. The van der Waals surface area contributed by atoms with Gasteiger partial charge < -0.3 is 20.7 Å². The van der Waals surface area contributed by atoms with Gasteiger partial charge >= 0.3 is 0 Å². The molecule has 0 saturated heterocycles. The fourth-order valence-electron chi connectivity index (χ4n) is 6.31. The fraction of sp³-hybridized carbons (Fsp3) is 0.536. The second-order valence-corrected chi connectivity index (χ2v) is 10.7. The van der Waals surface area contributed by atoms with Gasteiger partial charge in [0.05, 0.1) is 29.4 Å². The van der Waals surface area contributed by atoms with E-state index in [1.54, 1.807) is 13.2 Å². The van der Waals surface area contributed by atoms with Gasteiger partial charge in [0.2, 0.25) is 5.91 Å². The molecule has 2 aliphatic carbocycles.